The highest BCUT2D eigenvalue weighted by Gasteiger charge is 2.21. The van der Waals surface area contributed by atoms with Crippen molar-refractivity contribution in [3.63, 3.8) is 0 Å². The van der Waals surface area contributed by atoms with E-state index in [0.29, 0.717) is 18.9 Å². The summed E-state index contributed by atoms with van der Waals surface area (Å²) in [6.07, 6.45) is 1.71. The number of nitrogens with zero attached hydrogens (tertiary/aromatic N) is 1. The zero-order valence-electron chi connectivity index (χ0n) is 8.34. The Hall–Kier alpha value is -0.570. The highest BCUT2D eigenvalue weighted by molar-refractivity contribution is 5.76. The minimum atomic E-state index is 0.238. The van der Waals surface area contributed by atoms with Crippen LogP contribution in [-0.2, 0) is 4.79 Å². The Morgan fingerprint density at radius 1 is 1.58 bits per heavy atom. The van der Waals surface area contributed by atoms with Gasteiger partial charge in [-0.1, -0.05) is 13.8 Å². The Morgan fingerprint density at radius 2 is 2.17 bits per heavy atom. The van der Waals surface area contributed by atoms with Crippen LogP contribution in [0.3, 0.4) is 0 Å². The number of nitrogens with two attached hydrogens (primary N) is 1. The van der Waals surface area contributed by atoms with Gasteiger partial charge in [0.05, 0.1) is 0 Å². The van der Waals surface area contributed by atoms with Crippen LogP contribution in [0.1, 0.15) is 26.7 Å². The van der Waals surface area contributed by atoms with Crippen molar-refractivity contribution >= 4 is 5.91 Å². The van der Waals surface area contributed by atoms with E-state index in [0.717, 1.165) is 13.0 Å². The highest BCUT2D eigenvalue weighted by Crippen LogP contribution is 2.14. The number of carbonyl (C=O) groups excluding carboxylic acids is 1. The van der Waals surface area contributed by atoms with Gasteiger partial charge in [-0.2, -0.15) is 0 Å². The molecule has 1 heterocycles. The fraction of sp³-hybridized carbons (Fsp3) is 0.889. The summed E-state index contributed by atoms with van der Waals surface area (Å²) < 4.78 is 0. The van der Waals surface area contributed by atoms with Gasteiger partial charge in [0.15, 0.2) is 0 Å². The first-order valence-corrected chi connectivity index (χ1v) is 4.68. The van der Waals surface area contributed by atoms with Gasteiger partial charge in [-0.05, 0) is 18.9 Å². The topological polar surface area (TPSA) is 46.3 Å². The average Bonchev–Trinajstić information content (AvgIpc) is 2.13. The first kappa shape index (κ1) is 11.4. The van der Waals surface area contributed by atoms with Crippen LogP contribution >= 0.6 is 0 Å². The SMILES string of the molecule is CC.CN1CCC(CN)CC1=O. The number of amides is 1. The van der Waals surface area contributed by atoms with Crippen LogP contribution in [-0.4, -0.2) is 30.9 Å². The van der Waals surface area contributed by atoms with Crippen LogP contribution in [0.5, 0.6) is 0 Å². The first-order valence-electron chi connectivity index (χ1n) is 4.68. The molecule has 1 unspecified atom stereocenters. The lowest BCUT2D eigenvalue weighted by atomic mass is 9.97. The zero-order valence-corrected chi connectivity index (χ0v) is 8.34. The van der Waals surface area contributed by atoms with Crippen molar-refractivity contribution in [1.29, 1.82) is 0 Å². The summed E-state index contributed by atoms with van der Waals surface area (Å²) in [6.45, 7) is 5.53. The minimum Gasteiger partial charge on any atom is -0.346 e. The summed E-state index contributed by atoms with van der Waals surface area (Å²) in [5, 5.41) is 0. The molecule has 1 fully saturated rings. The summed E-state index contributed by atoms with van der Waals surface area (Å²) in [4.78, 5) is 12.8. The highest BCUT2D eigenvalue weighted by atomic mass is 16.2. The van der Waals surface area contributed by atoms with Crippen molar-refractivity contribution in [1.82, 2.24) is 4.90 Å². The number of likely N-dealkylation sites (tertiary alicyclic amines) is 1. The minimum absolute atomic E-state index is 0.238. The van der Waals surface area contributed by atoms with E-state index < -0.39 is 0 Å². The van der Waals surface area contributed by atoms with Gasteiger partial charge in [-0.25, -0.2) is 0 Å². The molecule has 3 nitrogen and oxygen atoms in total. The molecule has 0 saturated carbocycles. The predicted molar refractivity (Wildman–Crippen MR) is 50.8 cm³/mol. The molecule has 0 aromatic rings. The van der Waals surface area contributed by atoms with Crippen LogP contribution in [0.15, 0.2) is 0 Å². The fourth-order valence-corrected chi connectivity index (χ4v) is 1.21. The maximum Gasteiger partial charge on any atom is 0.222 e. The van der Waals surface area contributed by atoms with E-state index >= 15 is 0 Å². The standard InChI is InChI=1S/C7H14N2O.C2H6/c1-9-3-2-6(5-8)4-7(9)10;1-2/h6H,2-5,8H2,1H3;1-2H3. The molecule has 72 valence electrons. The largest absolute Gasteiger partial charge is 0.346 e. The average molecular weight is 172 g/mol. The number of carbonyl (C=O) groups is 1. The maximum atomic E-state index is 11.0. The van der Waals surface area contributed by atoms with Crippen LogP contribution in [0, 0.1) is 5.92 Å². The lowest BCUT2D eigenvalue weighted by molar-refractivity contribution is -0.133. The summed E-state index contributed by atoms with van der Waals surface area (Å²) in [5.41, 5.74) is 5.44. The zero-order chi connectivity index (χ0) is 9.56. The van der Waals surface area contributed by atoms with Gasteiger partial charge < -0.3 is 10.6 Å². The summed E-state index contributed by atoms with van der Waals surface area (Å²) in [7, 11) is 1.84. The molecule has 1 aliphatic rings. The van der Waals surface area contributed by atoms with E-state index in [2.05, 4.69) is 0 Å². The maximum absolute atomic E-state index is 11.0. The van der Waals surface area contributed by atoms with Crippen molar-refractivity contribution in [2.75, 3.05) is 20.1 Å². The van der Waals surface area contributed by atoms with Gasteiger partial charge in [0.25, 0.3) is 0 Å². The molecule has 0 radical (unpaired) electrons. The molecule has 2 N–H and O–H groups in total. The van der Waals surface area contributed by atoms with E-state index in [4.69, 9.17) is 5.73 Å². The molecule has 1 amide bonds. The fourth-order valence-electron chi connectivity index (χ4n) is 1.21. The summed E-state index contributed by atoms with van der Waals surface area (Å²) >= 11 is 0. The monoisotopic (exact) mass is 172 g/mol. The van der Waals surface area contributed by atoms with E-state index in [1.807, 2.05) is 20.9 Å². The van der Waals surface area contributed by atoms with Gasteiger partial charge in [0.1, 0.15) is 0 Å². The van der Waals surface area contributed by atoms with Gasteiger partial charge in [-0.3, -0.25) is 4.79 Å². The van der Waals surface area contributed by atoms with E-state index in [1.54, 1.807) is 4.90 Å². The molecule has 0 bridgehead atoms. The van der Waals surface area contributed by atoms with Gasteiger partial charge in [0.2, 0.25) is 5.91 Å². The third-order valence-corrected chi connectivity index (χ3v) is 2.10. The van der Waals surface area contributed by atoms with Gasteiger partial charge in [-0.15, -0.1) is 0 Å². The number of rotatable bonds is 1. The van der Waals surface area contributed by atoms with Crippen LogP contribution in [0.4, 0.5) is 0 Å². The van der Waals surface area contributed by atoms with E-state index in [-0.39, 0.29) is 5.91 Å². The van der Waals surface area contributed by atoms with Crippen molar-refractivity contribution in [3.8, 4) is 0 Å². The smallest absolute Gasteiger partial charge is 0.222 e. The molecule has 0 aliphatic carbocycles. The second kappa shape index (κ2) is 6.00. The van der Waals surface area contributed by atoms with Crippen molar-refractivity contribution < 1.29 is 4.79 Å². The Bertz CT molecular complexity index is 136. The third-order valence-electron chi connectivity index (χ3n) is 2.10. The first-order chi connectivity index (χ1) is 5.74. The van der Waals surface area contributed by atoms with E-state index in [9.17, 15) is 4.79 Å². The Labute approximate surface area is 74.9 Å². The Balaban J connectivity index is 0.000000561. The number of hydrogen-bond donors (Lipinski definition) is 1. The van der Waals surface area contributed by atoms with Gasteiger partial charge in [0, 0.05) is 20.0 Å². The molecule has 0 aromatic heterocycles. The number of hydrogen-bond acceptors (Lipinski definition) is 2. The Kier molecular flexibility index (Phi) is 5.72. The molecule has 1 rings (SSSR count). The van der Waals surface area contributed by atoms with Crippen molar-refractivity contribution in [3.05, 3.63) is 0 Å². The molecule has 1 saturated heterocycles. The Morgan fingerprint density at radius 3 is 2.58 bits per heavy atom. The van der Waals surface area contributed by atoms with Gasteiger partial charge >= 0.3 is 0 Å². The molecule has 12 heavy (non-hydrogen) atoms. The van der Waals surface area contributed by atoms with Crippen molar-refractivity contribution in [2.24, 2.45) is 11.7 Å². The van der Waals surface area contributed by atoms with E-state index in [1.165, 1.54) is 0 Å². The molecule has 1 atom stereocenters. The second-order valence-electron chi connectivity index (χ2n) is 2.91. The third kappa shape index (κ3) is 3.22. The molecule has 1 aliphatic heterocycles. The number of piperidine rings is 1. The quantitative estimate of drug-likeness (QED) is 0.637. The lowest BCUT2D eigenvalue weighted by Crippen LogP contribution is -2.37. The lowest BCUT2D eigenvalue weighted by Gasteiger charge is -2.27. The molecule has 0 spiro atoms. The summed E-state index contributed by atoms with van der Waals surface area (Å²) in [6, 6.07) is 0. The molecule has 0 aromatic carbocycles. The summed E-state index contributed by atoms with van der Waals surface area (Å²) in [5.74, 6) is 0.672. The van der Waals surface area contributed by atoms with Crippen molar-refractivity contribution in [2.45, 2.75) is 26.7 Å². The van der Waals surface area contributed by atoms with Crippen LogP contribution in [0.2, 0.25) is 0 Å². The molecular weight excluding hydrogens is 152 g/mol. The molecular formula is C9H20N2O. The predicted octanol–water partition coefficient (Wildman–Crippen LogP) is 0.840. The molecule has 3 heteroatoms. The van der Waals surface area contributed by atoms with Crippen LogP contribution < -0.4 is 5.73 Å². The van der Waals surface area contributed by atoms with Crippen LogP contribution in [0.25, 0.3) is 0 Å². The normalized spacial score (nSPS) is 23.2. The second-order valence-corrected chi connectivity index (χ2v) is 2.91.